The molecule has 1 aliphatic rings. The summed E-state index contributed by atoms with van der Waals surface area (Å²) in [5, 5.41) is 2.91. The molecule has 0 aliphatic carbocycles. The van der Waals surface area contributed by atoms with E-state index in [9.17, 15) is 4.79 Å². The summed E-state index contributed by atoms with van der Waals surface area (Å²) in [7, 11) is 0. The van der Waals surface area contributed by atoms with Gasteiger partial charge >= 0.3 is 6.03 Å². The van der Waals surface area contributed by atoms with Crippen LogP contribution in [-0.4, -0.2) is 36.1 Å². The molecule has 0 aromatic heterocycles. The Hall–Kier alpha value is -0.770. The van der Waals surface area contributed by atoms with E-state index in [2.05, 4.69) is 5.32 Å². The third-order valence-corrected chi connectivity index (χ3v) is 2.06. The van der Waals surface area contributed by atoms with E-state index in [-0.39, 0.29) is 11.6 Å². The Morgan fingerprint density at radius 2 is 2.08 bits per heavy atom. The Balaban J connectivity index is 2.27. The SMILES string of the molecule is CC(C)(C)NC(=O)N1CC(CN)C1. The predicted molar refractivity (Wildman–Crippen MR) is 52.4 cm³/mol. The monoisotopic (exact) mass is 185 g/mol. The van der Waals surface area contributed by atoms with E-state index in [1.165, 1.54) is 0 Å². The summed E-state index contributed by atoms with van der Waals surface area (Å²) in [5.41, 5.74) is 5.32. The van der Waals surface area contributed by atoms with Crippen LogP contribution in [0.2, 0.25) is 0 Å². The second kappa shape index (κ2) is 3.54. The van der Waals surface area contributed by atoms with E-state index < -0.39 is 0 Å². The average Bonchev–Trinajstić information content (AvgIpc) is 1.79. The molecule has 0 bridgehead atoms. The summed E-state index contributed by atoms with van der Waals surface area (Å²) in [6.07, 6.45) is 0. The molecule has 0 unspecified atom stereocenters. The summed E-state index contributed by atoms with van der Waals surface area (Å²) in [4.78, 5) is 13.3. The summed E-state index contributed by atoms with van der Waals surface area (Å²) >= 11 is 0. The van der Waals surface area contributed by atoms with Crippen molar-refractivity contribution < 1.29 is 4.79 Å². The maximum atomic E-state index is 11.5. The first kappa shape index (κ1) is 10.3. The van der Waals surface area contributed by atoms with Crippen molar-refractivity contribution in [2.24, 2.45) is 11.7 Å². The lowest BCUT2D eigenvalue weighted by molar-refractivity contribution is 0.119. The molecule has 1 rings (SSSR count). The van der Waals surface area contributed by atoms with Gasteiger partial charge in [0.05, 0.1) is 0 Å². The molecule has 1 heterocycles. The van der Waals surface area contributed by atoms with Crippen LogP contribution in [0.4, 0.5) is 4.79 Å². The van der Waals surface area contributed by atoms with E-state index in [0.717, 1.165) is 13.1 Å². The predicted octanol–water partition coefficient (Wildman–Crippen LogP) is 0.385. The van der Waals surface area contributed by atoms with Crippen LogP contribution in [0.25, 0.3) is 0 Å². The Kier molecular flexibility index (Phi) is 2.81. The number of rotatable bonds is 1. The van der Waals surface area contributed by atoms with Crippen molar-refractivity contribution in [3.8, 4) is 0 Å². The van der Waals surface area contributed by atoms with Crippen molar-refractivity contribution in [2.45, 2.75) is 26.3 Å². The quantitative estimate of drug-likeness (QED) is 0.620. The van der Waals surface area contributed by atoms with Gasteiger partial charge in [0.15, 0.2) is 0 Å². The van der Waals surface area contributed by atoms with Gasteiger partial charge in [-0.15, -0.1) is 0 Å². The van der Waals surface area contributed by atoms with Gasteiger partial charge < -0.3 is 16.0 Å². The first-order valence-corrected chi connectivity index (χ1v) is 4.69. The van der Waals surface area contributed by atoms with E-state index in [1.54, 1.807) is 4.90 Å². The Morgan fingerprint density at radius 3 is 2.46 bits per heavy atom. The number of urea groups is 1. The molecule has 4 heteroatoms. The van der Waals surface area contributed by atoms with Crippen LogP contribution in [-0.2, 0) is 0 Å². The lowest BCUT2D eigenvalue weighted by atomic mass is 10.0. The molecule has 0 atom stereocenters. The maximum Gasteiger partial charge on any atom is 0.317 e. The molecule has 13 heavy (non-hydrogen) atoms. The largest absolute Gasteiger partial charge is 0.333 e. The topological polar surface area (TPSA) is 58.4 Å². The van der Waals surface area contributed by atoms with Crippen molar-refractivity contribution in [1.29, 1.82) is 0 Å². The molecule has 1 aliphatic heterocycles. The molecule has 1 saturated heterocycles. The molecule has 0 spiro atoms. The number of nitrogens with one attached hydrogen (secondary N) is 1. The second-order valence-corrected chi connectivity index (χ2v) is 4.69. The molecule has 76 valence electrons. The van der Waals surface area contributed by atoms with E-state index in [0.29, 0.717) is 12.5 Å². The van der Waals surface area contributed by atoms with E-state index in [4.69, 9.17) is 5.73 Å². The number of carbonyl (C=O) groups is 1. The molecule has 4 nitrogen and oxygen atoms in total. The fourth-order valence-corrected chi connectivity index (χ4v) is 1.28. The van der Waals surface area contributed by atoms with Gasteiger partial charge in [-0.25, -0.2) is 4.79 Å². The van der Waals surface area contributed by atoms with Crippen LogP contribution >= 0.6 is 0 Å². The van der Waals surface area contributed by atoms with Crippen molar-refractivity contribution in [1.82, 2.24) is 10.2 Å². The highest BCUT2D eigenvalue weighted by molar-refractivity contribution is 5.75. The lowest BCUT2D eigenvalue weighted by Crippen LogP contribution is -2.58. The number of amides is 2. The summed E-state index contributed by atoms with van der Waals surface area (Å²) < 4.78 is 0. The first-order valence-electron chi connectivity index (χ1n) is 4.69. The third kappa shape index (κ3) is 2.88. The van der Waals surface area contributed by atoms with Crippen LogP contribution < -0.4 is 11.1 Å². The van der Waals surface area contributed by atoms with Crippen LogP contribution in [0.5, 0.6) is 0 Å². The fourth-order valence-electron chi connectivity index (χ4n) is 1.28. The first-order chi connectivity index (χ1) is 5.92. The number of nitrogens with zero attached hydrogens (tertiary/aromatic N) is 1. The maximum absolute atomic E-state index is 11.5. The standard InChI is InChI=1S/C9H19N3O/c1-9(2,3)11-8(13)12-5-7(4-10)6-12/h7H,4-6,10H2,1-3H3,(H,11,13). The molecule has 1 fully saturated rings. The Bertz CT molecular complexity index is 192. The van der Waals surface area contributed by atoms with Gasteiger partial charge in [0, 0.05) is 24.5 Å². The minimum atomic E-state index is -0.148. The number of likely N-dealkylation sites (tertiary alicyclic amines) is 1. The zero-order valence-electron chi connectivity index (χ0n) is 8.63. The van der Waals surface area contributed by atoms with Crippen LogP contribution in [0.3, 0.4) is 0 Å². The van der Waals surface area contributed by atoms with Gasteiger partial charge in [-0.3, -0.25) is 0 Å². The Labute approximate surface area is 79.5 Å². The number of carbonyl (C=O) groups excluding carboxylic acids is 1. The van der Waals surface area contributed by atoms with E-state index >= 15 is 0 Å². The van der Waals surface area contributed by atoms with Gasteiger partial charge in [0.25, 0.3) is 0 Å². The van der Waals surface area contributed by atoms with Crippen molar-refractivity contribution >= 4 is 6.03 Å². The molecule has 0 radical (unpaired) electrons. The third-order valence-electron chi connectivity index (χ3n) is 2.06. The molecular weight excluding hydrogens is 166 g/mol. The average molecular weight is 185 g/mol. The van der Waals surface area contributed by atoms with Crippen molar-refractivity contribution in [3.05, 3.63) is 0 Å². The number of hydrogen-bond donors (Lipinski definition) is 2. The fraction of sp³-hybridized carbons (Fsp3) is 0.889. The van der Waals surface area contributed by atoms with Gasteiger partial charge in [-0.1, -0.05) is 0 Å². The van der Waals surface area contributed by atoms with Crippen LogP contribution in [0, 0.1) is 5.92 Å². The number of nitrogens with two attached hydrogens (primary N) is 1. The van der Waals surface area contributed by atoms with Crippen LogP contribution in [0.15, 0.2) is 0 Å². The van der Waals surface area contributed by atoms with Crippen LogP contribution in [0.1, 0.15) is 20.8 Å². The Morgan fingerprint density at radius 1 is 1.54 bits per heavy atom. The normalized spacial score (nSPS) is 18.3. The van der Waals surface area contributed by atoms with Crippen molar-refractivity contribution in [3.63, 3.8) is 0 Å². The minimum Gasteiger partial charge on any atom is -0.333 e. The van der Waals surface area contributed by atoms with Gasteiger partial charge in [-0.05, 0) is 27.3 Å². The van der Waals surface area contributed by atoms with Gasteiger partial charge in [-0.2, -0.15) is 0 Å². The molecule has 0 aromatic rings. The van der Waals surface area contributed by atoms with Crippen molar-refractivity contribution in [2.75, 3.05) is 19.6 Å². The highest BCUT2D eigenvalue weighted by atomic mass is 16.2. The summed E-state index contributed by atoms with van der Waals surface area (Å²) in [6, 6.07) is 0.0252. The minimum absolute atomic E-state index is 0.0252. The van der Waals surface area contributed by atoms with Gasteiger partial charge in [0.2, 0.25) is 0 Å². The highest BCUT2D eigenvalue weighted by Crippen LogP contribution is 2.14. The zero-order chi connectivity index (χ0) is 10.1. The zero-order valence-corrected chi connectivity index (χ0v) is 8.63. The van der Waals surface area contributed by atoms with Gasteiger partial charge in [0.1, 0.15) is 0 Å². The summed E-state index contributed by atoms with van der Waals surface area (Å²) in [5.74, 6) is 0.505. The molecular formula is C9H19N3O. The highest BCUT2D eigenvalue weighted by Gasteiger charge is 2.30. The number of hydrogen-bond acceptors (Lipinski definition) is 2. The lowest BCUT2D eigenvalue weighted by Gasteiger charge is -2.40. The smallest absolute Gasteiger partial charge is 0.317 e. The molecule has 2 amide bonds. The second-order valence-electron chi connectivity index (χ2n) is 4.69. The summed E-state index contributed by atoms with van der Waals surface area (Å²) in [6.45, 7) is 8.22. The molecule has 3 N–H and O–H groups in total. The molecule has 0 saturated carbocycles. The molecule has 0 aromatic carbocycles. The van der Waals surface area contributed by atoms with E-state index in [1.807, 2.05) is 20.8 Å².